The van der Waals surface area contributed by atoms with E-state index >= 15 is 0 Å². The summed E-state index contributed by atoms with van der Waals surface area (Å²) in [5.41, 5.74) is 2.26. The molecular weight excluding hydrogens is 240 g/mol. The lowest BCUT2D eigenvalue weighted by Crippen LogP contribution is -2.16. The average Bonchev–Trinajstić information content (AvgIpc) is 2.87. The van der Waals surface area contributed by atoms with Gasteiger partial charge in [0, 0.05) is 37.6 Å². The molecular formula is C14H20N4O. The van der Waals surface area contributed by atoms with Crippen LogP contribution in [0, 0.1) is 0 Å². The van der Waals surface area contributed by atoms with Crippen molar-refractivity contribution in [2.45, 2.75) is 33.0 Å². The van der Waals surface area contributed by atoms with E-state index in [-0.39, 0.29) is 0 Å². The van der Waals surface area contributed by atoms with Crippen molar-refractivity contribution in [3.05, 3.63) is 42.1 Å². The summed E-state index contributed by atoms with van der Waals surface area (Å²) in [7, 11) is 1.64. The van der Waals surface area contributed by atoms with Crippen LogP contribution in [0.1, 0.15) is 24.6 Å². The van der Waals surface area contributed by atoms with Crippen LogP contribution in [0.15, 0.2) is 30.9 Å². The molecule has 0 saturated carbocycles. The van der Waals surface area contributed by atoms with Gasteiger partial charge in [-0.15, -0.1) is 0 Å². The molecule has 5 nitrogen and oxygen atoms in total. The molecule has 2 rings (SSSR count). The van der Waals surface area contributed by atoms with Crippen molar-refractivity contribution >= 4 is 0 Å². The minimum Gasteiger partial charge on any atom is -0.481 e. The third kappa shape index (κ3) is 3.54. The molecule has 5 heteroatoms. The van der Waals surface area contributed by atoms with E-state index < -0.39 is 0 Å². The number of aryl methyl sites for hydroxylation is 1. The molecule has 0 bridgehead atoms. The summed E-state index contributed by atoms with van der Waals surface area (Å²) >= 11 is 0. The van der Waals surface area contributed by atoms with Crippen molar-refractivity contribution in [3.63, 3.8) is 0 Å². The fourth-order valence-corrected chi connectivity index (χ4v) is 2.01. The van der Waals surface area contributed by atoms with Crippen molar-refractivity contribution in [1.29, 1.82) is 0 Å². The molecule has 0 radical (unpaired) electrons. The lowest BCUT2D eigenvalue weighted by Gasteiger charge is -2.10. The molecule has 0 atom stereocenters. The highest BCUT2D eigenvalue weighted by Gasteiger charge is 2.04. The van der Waals surface area contributed by atoms with Crippen LogP contribution in [0.4, 0.5) is 0 Å². The zero-order chi connectivity index (χ0) is 13.5. The van der Waals surface area contributed by atoms with Gasteiger partial charge in [-0.3, -0.25) is 0 Å². The molecule has 0 spiro atoms. The van der Waals surface area contributed by atoms with E-state index in [0.717, 1.165) is 31.6 Å². The summed E-state index contributed by atoms with van der Waals surface area (Å²) in [5.74, 6) is 0.678. The Morgan fingerprint density at radius 2 is 2.26 bits per heavy atom. The number of ether oxygens (including phenoxy) is 1. The monoisotopic (exact) mass is 260 g/mol. The van der Waals surface area contributed by atoms with E-state index in [1.54, 1.807) is 13.3 Å². The number of methoxy groups -OCH3 is 1. The third-order valence-corrected chi connectivity index (χ3v) is 2.93. The first-order valence-corrected chi connectivity index (χ1v) is 6.52. The minimum absolute atomic E-state index is 0.678. The number of nitrogens with zero attached hydrogens (tertiary/aromatic N) is 3. The van der Waals surface area contributed by atoms with E-state index in [2.05, 4.69) is 26.8 Å². The Hall–Kier alpha value is -1.88. The fraction of sp³-hybridized carbons (Fsp3) is 0.429. The highest BCUT2D eigenvalue weighted by atomic mass is 16.5. The van der Waals surface area contributed by atoms with Crippen molar-refractivity contribution < 1.29 is 4.74 Å². The highest BCUT2D eigenvalue weighted by molar-refractivity contribution is 5.25. The van der Waals surface area contributed by atoms with Gasteiger partial charge >= 0.3 is 0 Å². The topological polar surface area (TPSA) is 52.0 Å². The van der Waals surface area contributed by atoms with Crippen LogP contribution in [0.2, 0.25) is 0 Å². The molecule has 0 amide bonds. The van der Waals surface area contributed by atoms with E-state index in [0.29, 0.717) is 5.88 Å². The van der Waals surface area contributed by atoms with Gasteiger partial charge in [-0.25, -0.2) is 9.97 Å². The van der Waals surface area contributed by atoms with E-state index in [4.69, 9.17) is 4.74 Å². The lowest BCUT2D eigenvalue weighted by molar-refractivity contribution is 0.390. The van der Waals surface area contributed by atoms with E-state index in [1.807, 2.05) is 24.7 Å². The van der Waals surface area contributed by atoms with Crippen LogP contribution < -0.4 is 10.1 Å². The van der Waals surface area contributed by atoms with Crippen molar-refractivity contribution in [2.75, 3.05) is 7.11 Å². The summed E-state index contributed by atoms with van der Waals surface area (Å²) in [4.78, 5) is 8.37. The fourth-order valence-electron chi connectivity index (χ4n) is 2.01. The Morgan fingerprint density at radius 1 is 1.37 bits per heavy atom. The Labute approximate surface area is 113 Å². The van der Waals surface area contributed by atoms with E-state index in [1.165, 1.54) is 5.69 Å². The first kappa shape index (κ1) is 13.5. The first-order chi connectivity index (χ1) is 9.35. The van der Waals surface area contributed by atoms with E-state index in [9.17, 15) is 0 Å². The number of aromatic nitrogens is 3. The van der Waals surface area contributed by atoms with Gasteiger partial charge in [0.05, 0.1) is 19.1 Å². The number of nitrogens with one attached hydrogen (secondary N) is 1. The Balaban J connectivity index is 1.91. The maximum Gasteiger partial charge on any atom is 0.217 e. The summed E-state index contributed by atoms with van der Waals surface area (Å²) < 4.78 is 7.40. The van der Waals surface area contributed by atoms with Gasteiger partial charge in [0.2, 0.25) is 5.88 Å². The molecule has 0 aliphatic heterocycles. The number of pyridine rings is 1. The van der Waals surface area contributed by atoms with Gasteiger partial charge in [-0.2, -0.15) is 0 Å². The normalized spacial score (nSPS) is 10.6. The van der Waals surface area contributed by atoms with Crippen LogP contribution >= 0.6 is 0 Å². The molecule has 0 fully saturated rings. The molecule has 0 saturated heterocycles. The molecule has 102 valence electrons. The predicted octanol–water partition coefficient (Wildman–Crippen LogP) is 1.99. The van der Waals surface area contributed by atoms with Gasteiger partial charge in [-0.1, -0.05) is 13.0 Å². The summed E-state index contributed by atoms with van der Waals surface area (Å²) in [6, 6.07) is 3.93. The molecule has 0 aliphatic carbocycles. The molecule has 1 N–H and O–H groups in total. The Morgan fingerprint density at radius 3 is 3.05 bits per heavy atom. The largest absolute Gasteiger partial charge is 0.481 e. The van der Waals surface area contributed by atoms with Gasteiger partial charge in [-0.05, 0) is 12.5 Å². The predicted molar refractivity (Wildman–Crippen MR) is 73.9 cm³/mol. The number of hydrogen-bond acceptors (Lipinski definition) is 4. The quantitative estimate of drug-likeness (QED) is 0.827. The van der Waals surface area contributed by atoms with Crippen LogP contribution in [0.3, 0.4) is 0 Å². The van der Waals surface area contributed by atoms with Crippen LogP contribution in [-0.4, -0.2) is 21.6 Å². The molecule has 19 heavy (non-hydrogen) atoms. The Kier molecular flexibility index (Phi) is 4.92. The third-order valence-electron chi connectivity index (χ3n) is 2.93. The molecule has 2 aromatic rings. The van der Waals surface area contributed by atoms with Crippen molar-refractivity contribution in [2.24, 2.45) is 0 Å². The maximum atomic E-state index is 5.23. The standard InChI is InChI=1S/C14H20N4O/c1-3-7-18-11-16-10-13(18)9-15-8-12-5-4-6-17-14(12)19-2/h4-6,10-11,15H,3,7-9H2,1-2H3. The van der Waals surface area contributed by atoms with Crippen LogP contribution in [0.5, 0.6) is 5.88 Å². The van der Waals surface area contributed by atoms with Crippen molar-refractivity contribution in [3.8, 4) is 5.88 Å². The second-order valence-electron chi connectivity index (χ2n) is 4.35. The first-order valence-electron chi connectivity index (χ1n) is 6.52. The van der Waals surface area contributed by atoms with Gasteiger partial charge < -0.3 is 14.6 Å². The minimum atomic E-state index is 0.678. The molecule has 0 aliphatic rings. The smallest absolute Gasteiger partial charge is 0.217 e. The summed E-state index contributed by atoms with van der Waals surface area (Å²) in [6.45, 7) is 4.69. The van der Waals surface area contributed by atoms with Crippen LogP contribution in [0.25, 0.3) is 0 Å². The highest BCUT2D eigenvalue weighted by Crippen LogP contribution is 2.13. The SMILES string of the molecule is CCCn1cncc1CNCc1cccnc1OC. The number of rotatable bonds is 7. The molecule has 0 unspecified atom stereocenters. The van der Waals surface area contributed by atoms with Gasteiger partial charge in [0.1, 0.15) is 0 Å². The van der Waals surface area contributed by atoms with Crippen LogP contribution in [-0.2, 0) is 19.6 Å². The second-order valence-corrected chi connectivity index (χ2v) is 4.35. The number of imidazole rings is 1. The lowest BCUT2D eigenvalue weighted by atomic mass is 10.2. The zero-order valence-electron chi connectivity index (χ0n) is 11.5. The van der Waals surface area contributed by atoms with Crippen molar-refractivity contribution in [1.82, 2.24) is 19.9 Å². The zero-order valence-corrected chi connectivity index (χ0v) is 11.5. The summed E-state index contributed by atoms with van der Waals surface area (Å²) in [6.07, 6.45) is 6.63. The maximum absolute atomic E-state index is 5.23. The number of hydrogen-bond donors (Lipinski definition) is 1. The molecule has 2 aromatic heterocycles. The molecule has 2 heterocycles. The van der Waals surface area contributed by atoms with Gasteiger partial charge in [0.25, 0.3) is 0 Å². The van der Waals surface area contributed by atoms with Gasteiger partial charge in [0.15, 0.2) is 0 Å². The second kappa shape index (κ2) is 6.89. The molecule has 0 aromatic carbocycles. The summed E-state index contributed by atoms with van der Waals surface area (Å²) in [5, 5.41) is 3.40. The Bertz CT molecular complexity index is 510. The average molecular weight is 260 g/mol.